The van der Waals surface area contributed by atoms with E-state index in [9.17, 15) is 14.7 Å². The second-order valence-corrected chi connectivity index (χ2v) is 7.61. The van der Waals surface area contributed by atoms with Crippen molar-refractivity contribution in [3.63, 3.8) is 0 Å². The highest BCUT2D eigenvalue weighted by molar-refractivity contribution is 6.30. The number of nitrogens with one attached hydrogen (secondary N) is 1. The van der Waals surface area contributed by atoms with Crippen molar-refractivity contribution < 1.29 is 19.4 Å². The van der Waals surface area contributed by atoms with Crippen LogP contribution in [0, 0.1) is 0 Å². The summed E-state index contributed by atoms with van der Waals surface area (Å²) in [6.45, 7) is 0.167. The number of alkyl carbamates (subject to hydrolysis) is 1. The molecule has 1 amide bonds. The molecule has 4 rings (SSSR count). The first-order chi connectivity index (χ1) is 14.5. The number of halogens is 1. The molecule has 0 saturated heterocycles. The molecule has 0 aliphatic heterocycles. The van der Waals surface area contributed by atoms with Gasteiger partial charge in [-0.2, -0.15) is 0 Å². The lowest BCUT2D eigenvalue weighted by atomic mass is 9.98. The van der Waals surface area contributed by atoms with Gasteiger partial charge in [0, 0.05) is 10.9 Å². The molecule has 0 aromatic heterocycles. The van der Waals surface area contributed by atoms with Gasteiger partial charge in [-0.15, -0.1) is 0 Å². The lowest BCUT2D eigenvalue weighted by molar-refractivity contribution is -0.137. The van der Waals surface area contributed by atoms with Crippen LogP contribution in [0.1, 0.15) is 35.1 Å². The van der Waals surface area contributed by atoms with Gasteiger partial charge in [-0.1, -0.05) is 72.3 Å². The number of hydrogen-bond donors (Lipinski definition) is 2. The molecule has 1 aliphatic carbocycles. The van der Waals surface area contributed by atoms with Crippen LogP contribution >= 0.6 is 11.6 Å². The van der Waals surface area contributed by atoms with Crippen molar-refractivity contribution in [2.24, 2.45) is 0 Å². The maximum absolute atomic E-state index is 12.5. The summed E-state index contributed by atoms with van der Waals surface area (Å²) in [6.07, 6.45) is -0.913. The molecule has 0 fully saturated rings. The average Bonchev–Trinajstić information content (AvgIpc) is 3.06. The van der Waals surface area contributed by atoms with E-state index in [4.69, 9.17) is 16.3 Å². The van der Waals surface area contributed by atoms with E-state index >= 15 is 0 Å². The molecule has 0 radical (unpaired) electrons. The monoisotopic (exact) mass is 421 g/mol. The maximum Gasteiger partial charge on any atom is 0.407 e. The Labute approximate surface area is 179 Å². The summed E-state index contributed by atoms with van der Waals surface area (Å²) in [7, 11) is 0. The topological polar surface area (TPSA) is 75.6 Å². The van der Waals surface area contributed by atoms with Crippen molar-refractivity contribution in [1.82, 2.24) is 5.32 Å². The number of rotatable bonds is 6. The molecule has 0 bridgehead atoms. The molecule has 0 heterocycles. The van der Waals surface area contributed by atoms with Gasteiger partial charge in [0.15, 0.2) is 0 Å². The lowest BCUT2D eigenvalue weighted by Crippen LogP contribution is -2.31. The van der Waals surface area contributed by atoms with Crippen molar-refractivity contribution in [1.29, 1.82) is 0 Å². The Morgan fingerprint density at radius 3 is 2.07 bits per heavy atom. The molecule has 1 aliphatic rings. The first-order valence-corrected chi connectivity index (χ1v) is 9.99. The van der Waals surface area contributed by atoms with E-state index in [1.165, 1.54) is 0 Å². The van der Waals surface area contributed by atoms with Crippen LogP contribution in [0.25, 0.3) is 11.1 Å². The summed E-state index contributed by atoms with van der Waals surface area (Å²) >= 11 is 5.90. The fourth-order valence-corrected chi connectivity index (χ4v) is 4.03. The van der Waals surface area contributed by atoms with Crippen molar-refractivity contribution in [3.05, 3.63) is 94.5 Å². The second kappa shape index (κ2) is 8.59. The van der Waals surface area contributed by atoms with E-state index in [0.717, 1.165) is 22.3 Å². The van der Waals surface area contributed by atoms with Gasteiger partial charge in [-0.05, 0) is 39.9 Å². The molecule has 152 valence electrons. The number of hydrogen-bond acceptors (Lipinski definition) is 3. The Balaban J connectivity index is 1.47. The van der Waals surface area contributed by atoms with E-state index in [1.807, 2.05) is 36.4 Å². The van der Waals surface area contributed by atoms with Crippen LogP contribution in [0.2, 0.25) is 5.02 Å². The van der Waals surface area contributed by atoms with Crippen LogP contribution in [0.4, 0.5) is 4.79 Å². The number of fused-ring (bicyclic) bond motifs is 3. The van der Waals surface area contributed by atoms with Gasteiger partial charge in [0.05, 0.1) is 12.5 Å². The predicted octanol–water partition coefficient (Wildman–Crippen LogP) is 5.39. The van der Waals surface area contributed by atoms with E-state index < -0.39 is 18.1 Å². The number of aliphatic carboxylic acids is 1. The third-order valence-corrected chi connectivity index (χ3v) is 5.54. The number of carboxylic acid groups (broad SMARTS) is 1. The summed E-state index contributed by atoms with van der Waals surface area (Å²) in [5, 5.41) is 12.4. The number of benzene rings is 3. The fraction of sp³-hybridized carbons (Fsp3) is 0.167. The van der Waals surface area contributed by atoms with Crippen molar-refractivity contribution in [2.75, 3.05) is 6.61 Å². The molecule has 3 aromatic rings. The third kappa shape index (κ3) is 4.16. The summed E-state index contributed by atoms with van der Waals surface area (Å²) in [5.74, 6) is -1.08. The van der Waals surface area contributed by atoms with Crippen molar-refractivity contribution in [2.45, 2.75) is 18.4 Å². The highest BCUT2D eigenvalue weighted by Gasteiger charge is 2.29. The molecular formula is C24H20ClNO4. The fourth-order valence-electron chi connectivity index (χ4n) is 3.90. The zero-order chi connectivity index (χ0) is 21.1. The quantitative estimate of drug-likeness (QED) is 0.559. The van der Waals surface area contributed by atoms with Gasteiger partial charge >= 0.3 is 12.1 Å². The molecular weight excluding hydrogens is 402 g/mol. The zero-order valence-electron chi connectivity index (χ0n) is 16.0. The largest absolute Gasteiger partial charge is 0.481 e. The lowest BCUT2D eigenvalue weighted by Gasteiger charge is -2.19. The van der Waals surface area contributed by atoms with Crippen LogP contribution in [0.5, 0.6) is 0 Å². The first kappa shape index (κ1) is 20.0. The summed E-state index contributed by atoms with van der Waals surface area (Å²) in [4.78, 5) is 23.8. The number of carbonyl (C=O) groups is 2. The standard InChI is InChI=1S/C24H20ClNO4/c25-16-11-9-15(10-12-16)22(13-23(27)28)26-24(29)30-14-21-19-7-3-1-5-17(19)18-6-2-4-8-20(18)21/h1-12,21-22H,13-14H2,(H,26,29)(H,27,28)/t22-/m0/s1. The minimum atomic E-state index is -1.02. The highest BCUT2D eigenvalue weighted by atomic mass is 35.5. The average molecular weight is 422 g/mol. The molecule has 0 saturated carbocycles. The van der Waals surface area contributed by atoms with Gasteiger partial charge in [0.2, 0.25) is 0 Å². The van der Waals surface area contributed by atoms with E-state index in [1.54, 1.807) is 24.3 Å². The van der Waals surface area contributed by atoms with E-state index in [-0.39, 0.29) is 18.9 Å². The molecule has 0 unspecified atom stereocenters. The molecule has 6 heteroatoms. The number of amides is 1. The third-order valence-electron chi connectivity index (χ3n) is 5.29. The minimum absolute atomic E-state index is 0.0587. The Morgan fingerprint density at radius 2 is 1.50 bits per heavy atom. The second-order valence-electron chi connectivity index (χ2n) is 7.17. The van der Waals surface area contributed by atoms with Crippen LogP contribution in [-0.4, -0.2) is 23.8 Å². The van der Waals surface area contributed by atoms with Crippen LogP contribution < -0.4 is 5.32 Å². The van der Waals surface area contributed by atoms with Crippen molar-refractivity contribution in [3.8, 4) is 11.1 Å². The van der Waals surface area contributed by atoms with E-state index in [2.05, 4.69) is 17.4 Å². The first-order valence-electron chi connectivity index (χ1n) is 9.61. The number of ether oxygens (including phenoxy) is 1. The van der Waals surface area contributed by atoms with E-state index in [0.29, 0.717) is 10.6 Å². The summed E-state index contributed by atoms with van der Waals surface area (Å²) in [6, 6.07) is 22.1. The van der Waals surface area contributed by atoms with Gasteiger partial charge < -0.3 is 15.2 Å². The van der Waals surface area contributed by atoms with Gasteiger partial charge in [-0.3, -0.25) is 4.79 Å². The maximum atomic E-state index is 12.5. The Kier molecular flexibility index (Phi) is 5.72. The summed E-state index contributed by atoms with van der Waals surface area (Å²) < 4.78 is 5.53. The predicted molar refractivity (Wildman–Crippen MR) is 115 cm³/mol. The smallest absolute Gasteiger partial charge is 0.407 e. The molecule has 5 nitrogen and oxygen atoms in total. The highest BCUT2D eigenvalue weighted by Crippen LogP contribution is 2.44. The van der Waals surface area contributed by atoms with Gasteiger partial charge in [0.25, 0.3) is 0 Å². The Bertz CT molecular complexity index is 1040. The molecule has 0 spiro atoms. The number of carboxylic acids is 1. The zero-order valence-corrected chi connectivity index (χ0v) is 16.8. The Hall–Kier alpha value is -3.31. The normalized spacial score (nSPS) is 13.2. The number of carbonyl (C=O) groups excluding carboxylic acids is 1. The van der Waals surface area contributed by atoms with Gasteiger partial charge in [0.1, 0.15) is 6.61 Å². The van der Waals surface area contributed by atoms with Gasteiger partial charge in [-0.25, -0.2) is 4.79 Å². The molecule has 30 heavy (non-hydrogen) atoms. The summed E-state index contributed by atoms with van der Waals surface area (Å²) in [5.41, 5.74) is 5.17. The SMILES string of the molecule is O=C(O)C[C@H](NC(=O)OCC1c2ccccc2-c2ccccc21)c1ccc(Cl)cc1. The molecule has 3 aromatic carbocycles. The Morgan fingerprint density at radius 1 is 0.933 bits per heavy atom. The van der Waals surface area contributed by atoms with Crippen LogP contribution in [0.3, 0.4) is 0 Å². The minimum Gasteiger partial charge on any atom is -0.481 e. The molecule has 2 N–H and O–H groups in total. The molecule has 1 atom stereocenters. The van der Waals surface area contributed by atoms with Crippen LogP contribution in [0.15, 0.2) is 72.8 Å². The van der Waals surface area contributed by atoms with Crippen LogP contribution in [-0.2, 0) is 9.53 Å². The van der Waals surface area contributed by atoms with Crippen molar-refractivity contribution >= 4 is 23.7 Å².